The van der Waals surface area contributed by atoms with Crippen LogP contribution in [0.3, 0.4) is 0 Å². The first kappa shape index (κ1) is 12.2. The molecule has 0 bridgehead atoms. The summed E-state index contributed by atoms with van der Waals surface area (Å²) in [6.07, 6.45) is 0.785. The van der Waals surface area contributed by atoms with Gasteiger partial charge in [0.1, 0.15) is 0 Å². The van der Waals surface area contributed by atoms with Gasteiger partial charge >= 0.3 is 0 Å². The third-order valence-electron chi connectivity index (χ3n) is 2.63. The van der Waals surface area contributed by atoms with Gasteiger partial charge in [0.05, 0.1) is 10.7 Å². The van der Waals surface area contributed by atoms with Gasteiger partial charge in [-0.3, -0.25) is 4.98 Å². The monoisotopic (exact) mass is 247 g/mol. The second-order valence-electron chi connectivity index (χ2n) is 4.35. The van der Waals surface area contributed by atoms with Gasteiger partial charge in [-0.15, -0.1) is 11.3 Å². The fraction of sp³-hybridized carbons (Fsp3) is 0.385. The highest BCUT2D eigenvalue weighted by molar-refractivity contribution is 7.09. The summed E-state index contributed by atoms with van der Waals surface area (Å²) in [6.45, 7) is 6.01. The lowest BCUT2D eigenvalue weighted by molar-refractivity contribution is 0.705. The summed E-state index contributed by atoms with van der Waals surface area (Å²) < 4.78 is 0. The van der Waals surface area contributed by atoms with E-state index in [4.69, 9.17) is 5.73 Å². The first-order valence-electron chi connectivity index (χ1n) is 5.66. The van der Waals surface area contributed by atoms with Crippen molar-refractivity contribution in [3.8, 4) is 0 Å². The topological polar surface area (TPSA) is 51.8 Å². The van der Waals surface area contributed by atoms with Crippen molar-refractivity contribution in [2.24, 2.45) is 5.73 Å². The van der Waals surface area contributed by atoms with Gasteiger partial charge in [-0.25, -0.2) is 4.98 Å². The lowest BCUT2D eigenvalue weighted by atomic mass is 10.0. The van der Waals surface area contributed by atoms with Crippen LogP contribution >= 0.6 is 11.3 Å². The van der Waals surface area contributed by atoms with Crippen molar-refractivity contribution >= 4 is 11.3 Å². The Morgan fingerprint density at radius 1 is 1.18 bits per heavy atom. The number of nitrogens with zero attached hydrogens (tertiary/aromatic N) is 2. The molecular formula is C13H17N3S. The molecule has 2 N–H and O–H groups in total. The molecule has 0 radical (unpaired) electrons. The van der Waals surface area contributed by atoms with Gasteiger partial charge in [-0.2, -0.15) is 0 Å². The number of pyridine rings is 1. The lowest BCUT2D eigenvalue weighted by Gasteiger charge is -2.12. The molecular weight excluding hydrogens is 230 g/mol. The van der Waals surface area contributed by atoms with Crippen molar-refractivity contribution in [1.82, 2.24) is 9.97 Å². The predicted molar refractivity (Wildman–Crippen MR) is 71.2 cm³/mol. The van der Waals surface area contributed by atoms with E-state index in [2.05, 4.69) is 27.5 Å². The summed E-state index contributed by atoms with van der Waals surface area (Å²) in [6, 6.07) is 4.10. The van der Waals surface area contributed by atoms with Gasteiger partial charge in [0.15, 0.2) is 0 Å². The van der Waals surface area contributed by atoms with Crippen LogP contribution in [0.25, 0.3) is 0 Å². The second kappa shape index (κ2) is 4.94. The molecule has 0 aromatic carbocycles. The molecule has 2 heterocycles. The molecule has 0 saturated heterocycles. The van der Waals surface area contributed by atoms with Crippen molar-refractivity contribution in [3.05, 3.63) is 45.2 Å². The predicted octanol–water partition coefficient (Wildman–Crippen LogP) is 2.71. The molecule has 2 rings (SSSR count). The Bertz CT molecular complexity index is 499. The average Bonchev–Trinajstić information content (AvgIpc) is 2.62. The fourth-order valence-electron chi connectivity index (χ4n) is 1.93. The van der Waals surface area contributed by atoms with E-state index in [1.807, 2.05) is 20.8 Å². The highest BCUT2D eigenvalue weighted by atomic mass is 32.1. The van der Waals surface area contributed by atoms with Crippen LogP contribution in [0.2, 0.25) is 0 Å². The van der Waals surface area contributed by atoms with Crippen molar-refractivity contribution in [2.75, 3.05) is 0 Å². The minimum Gasteiger partial charge on any atom is -0.324 e. The number of aromatic nitrogens is 2. The van der Waals surface area contributed by atoms with E-state index in [9.17, 15) is 0 Å². The van der Waals surface area contributed by atoms with E-state index in [-0.39, 0.29) is 6.04 Å². The third-order valence-corrected chi connectivity index (χ3v) is 3.45. The summed E-state index contributed by atoms with van der Waals surface area (Å²) in [7, 11) is 0. The van der Waals surface area contributed by atoms with Crippen LogP contribution in [0.5, 0.6) is 0 Å². The van der Waals surface area contributed by atoms with E-state index < -0.39 is 0 Å². The molecule has 0 amide bonds. The molecule has 3 nitrogen and oxygen atoms in total. The number of hydrogen-bond donors (Lipinski definition) is 1. The molecule has 0 aliphatic carbocycles. The van der Waals surface area contributed by atoms with Gasteiger partial charge in [-0.1, -0.05) is 0 Å². The minimum absolute atomic E-state index is 0.00287. The molecule has 4 heteroatoms. The number of nitrogens with two attached hydrogens (primary N) is 1. The Labute approximate surface area is 106 Å². The molecule has 0 aliphatic heterocycles. The molecule has 0 fully saturated rings. The van der Waals surface area contributed by atoms with Gasteiger partial charge < -0.3 is 5.73 Å². The largest absolute Gasteiger partial charge is 0.324 e. The van der Waals surface area contributed by atoms with Gasteiger partial charge in [0.2, 0.25) is 0 Å². The standard InChI is InChI=1S/C13H17N3S/c1-8-4-11(5-9(2)15-8)13(14)6-12-7-17-10(3)16-12/h4-5,7,13H,6,14H2,1-3H3. The third kappa shape index (κ3) is 3.11. The molecule has 17 heavy (non-hydrogen) atoms. The number of rotatable bonds is 3. The lowest BCUT2D eigenvalue weighted by Crippen LogP contribution is -2.14. The quantitative estimate of drug-likeness (QED) is 0.907. The number of aryl methyl sites for hydroxylation is 3. The van der Waals surface area contributed by atoms with Crippen molar-refractivity contribution in [1.29, 1.82) is 0 Å². The van der Waals surface area contributed by atoms with Crippen LogP contribution in [0.1, 0.15) is 33.7 Å². The van der Waals surface area contributed by atoms with E-state index in [1.165, 1.54) is 0 Å². The van der Waals surface area contributed by atoms with Gasteiger partial charge in [0, 0.05) is 29.2 Å². The second-order valence-corrected chi connectivity index (χ2v) is 5.41. The summed E-state index contributed by atoms with van der Waals surface area (Å²) in [5.74, 6) is 0. The Balaban J connectivity index is 2.16. The Morgan fingerprint density at radius 2 is 1.82 bits per heavy atom. The van der Waals surface area contributed by atoms with E-state index in [1.54, 1.807) is 11.3 Å². The normalized spacial score (nSPS) is 12.7. The maximum Gasteiger partial charge on any atom is 0.0897 e. The van der Waals surface area contributed by atoms with Crippen LogP contribution in [-0.2, 0) is 6.42 Å². The maximum absolute atomic E-state index is 6.21. The zero-order valence-corrected chi connectivity index (χ0v) is 11.2. The summed E-state index contributed by atoms with van der Waals surface area (Å²) in [5.41, 5.74) is 10.5. The minimum atomic E-state index is -0.00287. The maximum atomic E-state index is 6.21. The highest BCUT2D eigenvalue weighted by Gasteiger charge is 2.10. The van der Waals surface area contributed by atoms with Gasteiger partial charge in [-0.05, 0) is 38.5 Å². The molecule has 0 aliphatic rings. The molecule has 0 saturated carbocycles. The van der Waals surface area contributed by atoms with Crippen LogP contribution in [0.4, 0.5) is 0 Å². The van der Waals surface area contributed by atoms with Crippen LogP contribution in [-0.4, -0.2) is 9.97 Å². The average molecular weight is 247 g/mol. The van der Waals surface area contributed by atoms with E-state index in [0.717, 1.165) is 34.1 Å². The summed E-state index contributed by atoms with van der Waals surface area (Å²) in [5, 5.41) is 3.17. The molecule has 0 spiro atoms. The SMILES string of the molecule is Cc1cc(C(N)Cc2csc(C)n2)cc(C)n1. The summed E-state index contributed by atoms with van der Waals surface area (Å²) in [4.78, 5) is 8.80. The Morgan fingerprint density at radius 3 is 2.35 bits per heavy atom. The number of hydrogen-bond acceptors (Lipinski definition) is 4. The number of thiazole rings is 1. The van der Waals surface area contributed by atoms with Crippen molar-refractivity contribution in [3.63, 3.8) is 0 Å². The van der Waals surface area contributed by atoms with Crippen molar-refractivity contribution < 1.29 is 0 Å². The molecule has 90 valence electrons. The van der Waals surface area contributed by atoms with Crippen LogP contribution in [0, 0.1) is 20.8 Å². The van der Waals surface area contributed by atoms with E-state index >= 15 is 0 Å². The fourth-order valence-corrected chi connectivity index (χ4v) is 2.55. The highest BCUT2D eigenvalue weighted by Crippen LogP contribution is 2.18. The molecule has 1 atom stereocenters. The van der Waals surface area contributed by atoms with Crippen molar-refractivity contribution in [2.45, 2.75) is 33.2 Å². The molecule has 2 aromatic heterocycles. The summed E-state index contributed by atoms with van der Waals surface area (Å²) >= 11 is 1.67. The Kier molecular flexibility index (Phi) is 3.54. The smallest absolute Gasteiger partial charge is 0.0897 e. The zero-order chi connectivity index (χ0) is 12.4. The van der Waals surface area contributed by atoms with Crippen LogP contribution < -0.4 is 5.73 Å². The van der Waals surface area contributed by atoms with E-state index in [0.29, 0.717) is 0 Å². The molecule has 1 unspecified atom stereocenters. The zero-order valence-electron chi connectivity index (χ0n) is 10.4. The first-order chi connectivity index (χ1) is 8.04. The van der Waals surface area contributed by atoms with Gasteiger partial charge in [0.25, 0.3) is 0 Å². The first-order valence-corrected chi connectivity index (χ1v) is 6.54. The molecule has 2 aromatic rings. The Hall–Kier alpha value is -1.26. The van der Waals surface area contributed by atoms with Crippen LogP contribution in [0.15, 0.2) is 17.5 Å².